The number of aliphatic hydroxyl groups is 1. The molecular weight excluding hydrogens is 298 g/mol. The Kier molecular flexibility index (Phi) is 4.58. The highest BCUT2D eigenvalue weighted by Crippen LogP contribution is 2.42. The molecule has 0 bridgehead atoms. The van der Waals surface area contributed by atoms with E-state index in [4.69, 9.17) is 5.26 Å². The van der Waals surface area contributed by atoms with Crippen LogP contribution in [0.3, 0.4) is 0 Å². The van der Waals surface area contributed by atoms with Gasteiger partial charge >= 0.3 is 0 Å². The minimum atomic E-state index is -2.75. The third kappa shape index (κ3) is 3.27. The third-order valence-electron chi connectivity index (χ3n) is 3.85. The molecule has 0 amide bonds. The summed E-state index contributed by atoms with van der Waals surface area (Å²) in [6.45, 7) is 6.73. The van der Waals surface area contributed by atoms with Gasteiger partial charge in [-0.05, 0) is 50.6 Å². The Hall–Kier alpha value is -2.19. The summed E-state index contributed by atoms with van der Waals surface area (Å²) in [7, 11) is 0. The molecule has 1 aromatic carbocycles. The maximum absolute atomic E-state index is 14.2. The van der Waals surface area contributed by atoms with Crippen molar-refractivity contribution in [3.8, 4) is 6.07 Å². The summed E-state index contributed by atoms with van der Waals surface area (Å²) < 4.78 is 28.4. The van der Waals surface area contributed by atoms with E-state index in [-0.39, 0.29) is 6.54 Å². The molecule has 3 nitrogen and oxygen atoms in total. The lowest BCUT2D eigenvalue weighted by atomic mass is 9.83. The fourth-order valence-electron chi connectivity index (χ4n) is 2.81. The molecule has 2 rings (SSSR count). The molecule has 1 aromatic rings. The molecule has 121 valence electrons. The van der Waals surface area contributed by atoms with E-state index in [0.717, 1.165) is 0 Å². The lowest BCUT2D eigenvalue weighted by molar-refractivity contribution is -0.0420. The van der Waals surface area contributed by atoms with E-state index in [2.05, 4.69) is 6.92 Å². The summed E-state index contributed by atoms with van der Waals surface area (Å²) in [4.78, 5) is 1.45. The Morgan fingerprint density at radius 3 is 2.74 bits per heavy atom. The van der Waals surface area contributed by atoms with Crippen LogP contribution in [0.4, 0.5) is 8.78 Å². The van der Waals surface area contributed by atoms with Gasteiger partial charge in [0, 0.05) is 12.2 Å². The molecule has 1 radical (unpaired) electrons. The van der Waals surface area contributed by atoms with Gasteiger partial charge in [-0.15, -0.1) is 0 Å². The van der Waals surface area contributed by atoms with Crippen molar-refractivity contribution in [2.75, 3.05) is 6.54 Å². The van der Waals surface area contributed by atoms with Gasteiger partial charge in [0.1, 0.15) is 5.54 Å². The second kappa shape index (κ2) is 6.13. The molecule has 5 heteroatoms. The Balaban J connectivity index is 2.63. The van der Waals surface area contributed by atoms with Crippen LogP contribution in [0.25, 0.3) is 0 Å². The molecule has 1 N–H and O–H groups in total. The van der Waals surface area contributed by atoms with Crippen LogP contribution in [0.1, 0.15) is 25.0 Å². The molecule has 2 unspecified atom stereocenters. The molecule has 1 heterocycles. The smallest absolute Gasteiger partial charge is 0.269 e. The number of allylic oxidation sites excluding steroid dienone is 3. The van der Waals surface area contributed by atoms with Crippen LogP contribution in [-0.2, 0) is 5.54 Å². The lowest BCUT2D eigenvalue weighted by Gasteiger charge is -2.47. The first-order valence-electron chi connectivity index (χ1n) is 7.21. The first-order valence-corrected chi connectivity index (χ1v) is 7.21. The second-order valence-corrected chi connectivity index (χ2v) is 6.07. The van der Waals surface area contributed by atoms with Crippen molar-refractivity contribution in [2.45, 2.75) is 31.4 Å². The first kappa shape index (κ1) is 17.2. The zero-order chi connectivity index (χ0) is 17.3. The quantitative estimate of drug-likeness (QED) is 0.926. The number of rotatable bonds is 4. The monoisotopic (exact) mass is 317 g/mol. The summed E-state index contributed by atoms with van der Waals surface area (Å²) in [6, 6.07) is 8.15. The maximum atomic E-state index is 14.2. The predicted molar refractivity (Wildman–Crippen MR) is 84.4 cm³/mol. The summed E-state index contributed by atoms with van der Waals surface area (Å²) >= 11 is 0. The van der Waals surface area contributed by atoms with E-state index in [1.54, 1.807) is 37.3 Å². The molecule has 1 aliphatic heterocycles. The highest BCUT2D eigenvalue weighted by Gasteiger charge is 2.47. The highest BCUT2D eigenvalue weighted by atomic mass is 19.3. The summed E-state index contributed by atoms with van der Waals surface area (Å²) in [5, 5.41) is 19.1. The fourth-order valence-corrected chi connectivity index (χ4v) is 2.81. The largest absolute Gasteiger partial charge is 0.388 e. The molecule has 0 spiro atoms. The fraction of sp³-hybridized carbons (Fsp3) is 0.333. The number of nitrogens with zero attached hydrogens (tertiary/aromatic N) is 2. The minimum absolute atomic E-state index is 0.0687. The molecule has 2 atom stereocenters. The average molecular weight is 317 g/mol. The maximum Gasteiger partial charge on any atom is 0.269 e. The van der Waals surface area contributed by atoms with Crippen LogP contribution in [0.2, 0.25) is 0 Å². The van der Waals surface area contributed by atoms with Gasteiger partial charge in [0.05, 0.1) is 17.2 Å². The normalized spacial score (nSPS) is 21.3. The molecule has 0 aliphatic carbocycles. The molecule has 0 saturated carbocycles. The van der Waals surface area contributed by atoms with Crippen molar-refractivity contribution in [1.82, 2.24) is 4.90 Å². The van der Waals surface area contributed by atoms with Gasteiger partial charge in [-0.3, -0.25) is 0 Å². The van der Waals surface area contributed by atoms with Gasteiger partial charge in [0.2, 0.25) is 0 Å². The number of hydrogen-bond acceptors (Lipinski definition) is 3. The third-order valence-corrected chi connectivity index (χ3v) is 3.85. The number of hydrogen-bond donors (Lipinski definition) is 1. The summed E-state index contributed by atoms with van der Waals surface area (Å²) in [5.41, 5.74) is -1.93. The lowest BCUT2D eigenvalue weighted by Crippen LogP contribution is -2.54. The predicted octanol–water partition coefficient (Wildman–Crippen LogP) is 3.38. The first-order chi connectivity index (χ1) is 10.7. The van der Waals surface area contributed by atoms with E-state index in [1.807, 2.05) is 6.07 Å². The van der Waals surface area contributed by atoms with Crippen molar-refractivity contribution in [1.29, 1.82) is 5.26 Å². The van der Waals surface area contributed by atoms with Crippen LogP contribution >= 0.6 is 0 Å². The zero-order valence-electron chi connectivity index (χ0n) is 13.1. The van der Waals surface area contributed by atoms with Crippen molar-refractivity contribution < 1.29 is 13.9 Å². The molecule has 0 saturated heterocycles. The van der Waals surface area contributed by atoms with Gasteiger partial charge in [-0.25, -0.2) is 8.78 Å². The van der Waals surface area contributed by atoms with E-state index in [0.29, 0.717) is 16.8 Å². The van der Waals surface area contributed by atoms with Gasteiger partial charge in [-0.1, -0.05) is 18.2 Å². The van der Waals surface area contributed by atoms with Crippen molar-refractivity contribution >= 4 is 0 Å². The van der Waals surface area contributed by atoms with Gasteiger partial charge in [0.25, 0.3) is 6.43 Å². The summed E-state index contributed by atoms with van der Waals surface area (Å²) in [6.07, 6.45) is 1.95. The number of halogens is 2. The number of benzene rings is 1. The standard InChI is InChI=1S/C18H19F2N2O/c1-13-6-5-9-18(16(19)20,22(13)12-17(2,3)23)15-8-4-7-14(10-15)11-21/h4-10,16,23H,2,12H2,1,3H3. The van der Waals surface area contributed by atoms with Crippen LogP contribution in [-0.4, -0.2) is 28.6 Å². The van der Waals surface area contributed by atoms with Crippen LogP contribution < -0.4 is 0 Å². The molecule has 23 heavy (non-hydrogen) atoms. The van der Waals surface area contributed by atoms with Crippen LogP contribution in [0.15, 0.2) is 48.2 Å². The Labute approximate surface area is 135 Å². The Bertz CT molecular complexity index is 683. The van der Waals surface area contributed by atoms with Crippen molar-refractivity contribution in [2.24, 2.45) is 0 Å². The SMILES string of the molecule is [CH2]C(C)(O)CN1C(C)=CC=CC1(c1cccc(C#N)c1)C(F)F. The highest BCUT2D eigenvalue weighted by molar-refractivity contribution is 5.42. The molecular formula is C18H19F2N2O. The second-order valence-electron chi connectivity index (χ2n) is 6.07. The zero-order valence-corrected chi connectivity index (χ0v) is 13.1. The molecule has 0 fully saturated rings. The van der Waals surface area contributed by atoms with Crippen molar-refractivity contribution in [3.63, 3.8) is 0 Å². The van der Waals surface area contributed by atoms with Gasteiger partial charge < -0.3 is 10.0 Å². The van der Waals surface area contributed by atoms with Crippen LogP contribution in [0.5, 0.6) is 0 Å². The number of β-amino-alcohol motifs (C(OH)–C–C–N with tert-alkyl or cyclic N) is 1. The van der Waals surface area contributed by atoms with E-state index in [1.165, 1.54) is 24.0 Å². The van der Waals surface area contributed by atoms with E-state index < -0.39 is 17.6 Å². The topological polar surface area (TPSA) is 47.3 Å². The van der Waals surface area contributed by atoms with Gasteiger partial charge in [0.15, 0.2) is 0 Å². The number of alkyl halides is 2. The number of nitriles is 1. The minimum Gasteiger partial charge on any atom is -0.388 e. The van der Waals surface area contributed by atoms with Gasteiger partial charge in [-0.2, -0.15) is 5.26 Å². The van der Waals surface area contributed by atoms with E-state index in [9.17, 15) is 13.9 Å². The van der Waals surface area contributed by atoms with E-state index >= 15 is 0 Å². The Morgan fingerprint density at radius 2 is 2.17 bits per heavy atom. The Morgan fingerprint density at radius 1 is 1.48 bits per heavy atom. The molecule has 0 aromatic heterocycles. The summed E-state index contributed by atoms with van der Waals surface area (Å²) in [5.74, 6) is 0. The van der Waals surface area contributed by atoms with Crippen LogP contribution in [0, 0.1) is 18.3 Å². The average Bonchev–Trinajstić information content (AvgIpc) is 2.48. The molecule has 1 aliphatic rings. The van der Waals surface area contributed by atoms with Crippen molar-refractivity contribution in [3.05, 3.63) is 66.2 Å².